The van der Waals surface area contributed by atoms with Gasteiger partial charge in [-0.05, 0) is 25.1 Å². The fraction of sp³-hybridized carbons (Fsp3) is 0.154. The maximum Gasteiger partial charge on any atom is 0.255 e. The van der Waals surface area contributed by atoms with Crippen LogP contribution in [0.2, 0.25) is 5.15 Å². The largest absolute Gasteiger partial charge is 0.478 e. The molecule has 110 valence electrons. The van der Waals surface area contributed by atoms with Gasteiger partial charge >= 0.3 is 0 Å². The molecule has 0 spiro atoms. The van der Waals surface area contributed by atoms with Crippen molar-refractivity contribution in [3.8, 4) is 5.88 Å². The second kappa shape index (κ2) is 6.87. The molecule has 0 aromatic carbocycles. The SMILES string of the molecule is CCOc1ccc(NC(=O)c2cc(Cl)nc(NN)c2)cn1. The third-order valence-corrected chi connectivity index (χ3v) is 2.68. The van der Waals surface area contributed by atoms with Crippen LogP contribution < -0.4 is 21.3 Å². The van der Waals surface area contributed by atoms with Crippen molar-refractivity contribution >= 4 is 29.0 Å². The number of halogens is 1. The molecule has 0 aliphatic carbocycles. The lowest BCUT2D eigenvalue weighted by Gasteiger charge is -2.08. The smallest absolute Gasteiger partial charge is 0.255 e. The van der Waals surface area contributed by atoms with E-state index >= 15 is 0 Å². The molecule has 0 aliphatic rings. The number of pyridine rings is 2. The average Bonchev–Trinajstić information content (AvgIpc) is 2.48. The highest BCUT2D eigenvalue weighted by atomic mass is 35.5. The lowest BCUT2D eigenvalue weighted by molar-refractivity contribution is 0.102. The van der Waals surface area contributed by atoms with Crippen molar-refractivity contribution in [1.29, 1.82) is 0 Å². The van der Waals surface area contributed by atoms with Crippen molar-refractivity contribution in [3.05, 3.63) is 41.2 Å². The molecular weight excluding hydrogens is 294 g/mol. The van der Waals surface area contributed by atoms with Crippen molar-refractivity contribution in [3.63, 3.8) is 0 Å². The van der Waals surface area contributed by atoms with Crippen molar-refractivity contribution in [1.82, 2.24) is 9.97 Å². The molecule has 21 heavy (non-hydrogen) atoms. The van der Waals surface area contributed by atoms with Gasteiger partial charge < -0.3 is 15.5 Å². The Kier molecular flexibility index (Phi) is 4.91. The first-order valence-electron chi connectivity index (χ1n) is 6.16. The molecule has 1 amide bonds. The number of nitrogens with one attached hydrogen (secondary N) is 2. The quantitative estimate of drug-likeness (QED) is 0.444. The molecule has 0 saturated carbocycles. The first-order valence-corrected chi connectivity index (χ1v) is 6.54. The lowest BCUT2D eigenvalue weighted by atomic mass is 10.2. The Labute approximate surface area is 126 Å². The number of nitrogens with zero attached hydrogens (tertiary/aromatic N) is 2. The van der Waals surface area contributed by atoms with Crippen LogP contribution in [-0.4, -0.2) is 22.5 Å². The summed E-state index contributed by atoms with van der Waals surface area (Å²) in [5, 5.41) is 2.86. The van der Waals surface area contributed by atoms with E-state index in [1.807, 2.05) is 6.92 Å². The fourth-order valence-electron chi connectivity index (χ4n) is 1.59. The molecule has 8 heteroatoms. The van der Waals surface area contributed by atoms with Crippen molar-refractivity contribution in [2.24, 2.45) is 5.84 Å². The van der Waals surface area contributed by atoms with Gasteiger partial charge in [-0.2, -0.15) is 0 Å². The van der Waals surface area contributed by atoms with E-state index in [1.165, 1.54) is 18.3 Å². The summed E-state index contributed by atoms with van der Waals surface area (Å²) in [6, 6.07) is 6.30. The third-order valence-electron chi connectivity index (χ3n) is 2.49. The molecule has 0 aliphatic heterocycles. The normalized spacial score (nSPS) is 10.0. The minimum absolute atomic E-state index is 0.167. The zero-order valence-corrected chi connectivity index (χ0v) is 12.0. The molecule has 0 unspecified atom stereocenters. The third kappa shape index (κ3) is 4.04. The molecule has 2 rings (SSSR count). The molecule has 0 bridgehead atoms. The highest BCUT2D eigenvalue weighted by molar-refractivity contribution is 6.30. The zero-order chi connectivity index (χ0) is 15.2. The van der Waals surface area contributed by atoms with Crippen LogP contribution >= 0.6 is 11.6 Å². The maximum atomic E-state index is 12.1. The maximum absolute atomic E-state index is 12.1. The number of rotatable bonds is 5. The Morgan fingerprint density at radius 3 is 2.86 bits per heavy atom. The number of ether oxygens (including phenoxy) is 1. The monoisotopic (exact) mass is 307 g/mol. The summed E-state index contributed by atoms with van der Waals surface area (Å²) in [6.07, 6.45) is 1.51. The molecule has 2 aromatic rings. The van der Waals surface area contributed by atoms with Gasteiger partial charge in [0.25, 0.3) is 5.91 Å². The van der Waals surface area contributed by atoms with E-state index in [-0.39, 0.29) is 11.1 Å². The van der Waals surface area contributed by atoms with Gasteiger partial charge in [-0.15, -0.1) is 0 Å². The predicted molar refractivity (Wildman–Crippen MR) is 80.4 cm³/mol. The Hall–Kier alpha value is -2.38. The number of nitrogen functional groups attached to an aromatic ring is 1. The number of hydrogen-bond acceptors (Lipinski definition) is 6. The van der Waals surface area contributed by atoms with E-state index in [9.17, 15) is 4.79 Å². The lowest BCUT2D eigenvalue weighted by Crippen LogP contribution is -2.14. The number of amides is 1. The summed E-state index contributed by atoms with van der Waals surface area (Å²) < 4.78 is 5.22. The van der Waals surface area contributed by atoms with Gasteiger partial charge in [0, 0.05) is 11.6 Å². The van der Waals surface area contributed by atoms with Crippen LogP contribution in [0.4, 0.5) is 11.5 Å². The number of hydrogen-bond donors (Lipinski definition) is 3. The molecule has 7 nitrogen and oxygen atoms in total. The number of hydrazine groups is 1. The molecule has 0 saturated heterocycles. The summed E-state index contributed by atoms with van der Waals surface area (Å²) in [6.45, 7) is 2.40. The standard InChI is InChI=1S/C13H14ClN5O2/c1-2-21-12-4-3-9(7-16-12)17-13(20)8-5-10(14)18-11(6-8)19-15/h3-7H,2,15H2,1H3,(H,17,20)(H,18,19). The number of carbonyl (C=O) groups excluding carboxylic acids is 1. The summed E-state index contributed by atoms with van der Waals surface area (Å²) in [7, 11) is 0. The Morgan fingerprint density at radius 1 is 1.43 bits per heavy atom. The van der Waals surface area contributed by atoms with E-state index in [0.29, 0.717) is 29.6 Å². The Bertz CT molecular complexity index is 633. The van der Waals surface area contributed by atoms with Crippen LogP contribution in [0.3, 0.4) is 0 Å². The van der Waals surface area contributed by atoms with Crippen LogP contribution in [0, 0.1) is 0 Å². The summed E-state index contributed by atoms with van der Waals surface area (Å²) in [5.74, 6) is 5.71. The van der Waals surface area contributed by atoms with E-state index in [0.717, 1.165) is 0 Å². The highest BCUT2D eigenvalue weighted by Crippen LogP contribution is 2.16. The Balaban J connectivity index is 2.12. The van der Waals surface area contributed by atoms with Crippen LogP contribution in [0.25, 0.3) is 0 Å². The minimum Gasteiger partial charge on any atom is -0.478 e. The van der Waals surface area contributed by atoms with Gasteiger partial charge in [-0.3, -0.25) is 4.79 Å². The molecule has 2 heterocycles. The summed E-state index contributed by atoms with van der Waals surface area (Å²) >= 11 is 5.82. The van der Waals surface area contributed by atoms with Crippen molar-refractivity contribution in [2.75, 3.05) is 17.3 Å². The number of aromatic nitrogens is 2. The Morgan fingerprint density at radius 2 is 2.24 bits per heavy atom. The van der Waals surface area contributed by atoms with Crippen molar-refractivity contribution < 1.29 is 9.53 Å². The van der Waals surface area contributed by atoms with Gasteiger partial charge in [-0.25, -0.2) is 15.8 Å². The topological polar surface area (TPSA) is 102 Å². The highest BCUT2D eigenvalue weighted by Gasteiger charge is 2.10. The number of anilines is 2. The predicted octanol–water partition coefficient (Wildman–Crippen LogP) is 2.07. The van der Waals surface area contributed by atoms with Gasteiger partial charge in [0.2, 0.25) is 5.88 Å². The van der Waals surface area contributed by atoms with Gasteiger partial charge in [0.05, 0.1) is 18.5 Å². The summed E-state index contributed by atoms with van der Waals surface area (Å²) in [5.41, 5.74) is 3.21. The molecule has 2 aromatic heterocycles. The van der Waals surface area contributed by atoms with E-state index < -0.39 is 0 Å². The van der Waals surface area contributed by atoms with Crippen LogP contribution in [-0.2, 0) is 0 Å². The average molecular weight is 308 g/mol. The van der Waals surface area contributed by atoms with Crippen LogP contribution in [0.1, 0.15) is 17.3 Å². The molecular formula is C13H14ClN5O2. The van der Waals surface area contributed by atoms with E-state index in [1.54, 1.807) is 12.1 Å². The number of carbonyl (C=O) groups is 1. The van der Waals surface area contributed by atoms with E-state index in [2.05, 4.69) is 20.7 Å². The second-order valence-corrected chi connectivity index (χ2v) is 4.37. The fourth-order valence-corrected chi connectivity index (χ4v) is 1.80. The molecule has 0 radical (unpaired) electrons. The van der Waals surface area contributed by atoms with Crippen LogP contribution in [0.5, 0.6) is 5.88 Å². The molecule has 0 fully saturated rings. The van der Waals surface area contributed by atoms with E-state index in [4.69, 9.17) is 22.2 Å². The first kappa shape index (κ1) is 15.0. The van der Waals surface area contributed by atoms with Gasteiger partial charge in [-0.1, -0.05) is 11.6 Å². The second-order valence-electron chi connectivity index (χ2n) is 3.98. The minimum atomic E-state index is -0.346. The first-order chi connectivity index (χ1) is 10.1. The van der Waals surface area contributed by atoms with Gasteiger partial charge in [0.1, 0.15) is 11.0 Å². The van der Waals surface area contributed by atoms with Crippen LogP contribution in [0.15, 0.2) is 30.5 Å². The number of nitrogens with two attached hydrogens (primary N) is 1. The van der Waals surface area contributed by atoms with Gasteiger partial charge in [0.15, 0.2) is 0 Å². The summed E-state index contributed by atoms with van der Waals surface area (Å²) in [4.78, 5) is 20.1. The molecule has 4 N–H and O–H groups in total. The zero-order valence-electron chi connectivity index (χ0n) is 11.3. The van der Waals surface area contributed by atoms with Crippen molar-refractivity contribution in [2.45, 2.75) is 6.92 Å². The molecule has 0 atom stereocenters.